The molecule has 2 amide bonds. The molecule has 1 N–H and O–H groups in total. The third-order valence-corrected chi connectivity index (χ3v) is 9.67. The first-order chi connectivity index (χ1) is 20.3. The van der Waals surface area contributed by atoms with Crippen LogP contribution in [0.1, 0.15) is 43.7 Å². The number of nitrogens with one attached hydrogen (secondary N) is 1. The van der Waals surface area contributed by atoms with Crippen molar-refractivity contribution in [2.24, 2.45) is 0 Å². The zero-order chi connectivity index (χ0) is 31.4. The van der Waals surface area contributed by atoms with Crippen LogP contribution in [0, 0.1) is 0 Å². The Hall–Kier alpha value is -3.28. The van der Waals surface area contributed by atoms with Crippen LogP contribution in [-0.2, 0) is 32.3 Å². The van der Waals surface area contributed by atoms with Crippen molar-refractivity contribution in [2.45, 2.75) is 62.3 Å². The number of benzene rings is 3. The molecule has 1 saturated carbocycles. The molecular formula is C30H30Cl2F3N3O4S. The number of alkyl halides is 3. The molecule has 1 unspecified atom stereocenters. The van der Waals surface area contributed by atoms with Crippen LogP contribution < -0.4 is 9.62 Å². The summed E-state index contributed by atoms with van der Waals surface area (Å²) < 4.78 is 69.0. The van der Waals surface area contributed by atoms with Gasteiger partial charge >= 0.3 is 6.18 Å². The Kier molecular flexibility index (Phi) is 10.3. The van der Waals surface area contributed by atoms with E-state index in [-0.39, 0.29) is 28.2 Å². The maximum Gasteiger partial charge on any atom is 0.416 e. The lowest BCUT2D eigenvalue weighted by atomic mass is 10.1. The van der Waals surface area contributed by atoms with Crippen molar-refractivity contribution in [3.05, 3.63) is 94.0 Å². The van der Waals surface area contributed by atoms with Gasteiger partial charge in [-0.1, -0.05) is 66.4 Å². The predicted molar refractivity (Wildman–Crippen MR) is 159 cm³/mol. The number of carbonyl (C=O) groups excluding carboxylic acids is 2. The van der Waals surface area contributed by atoms with E-state index in [1.54, 1.807) is 18.2 Å². The van der Waals surface area contributed by atoms with Crippen molar-refractivity contribution >= 4 is 50.7 Å². The fraction of sp³-hybridized carbons (Fsp3) is 0.333. The lowest BCUT2D eigenvalue weighted by molar-refractivity contribution is -0.139. The first kappa shape index (κ1) is 32.6. The second-order valence-corrected chi connectivity index (χ2v) is 13.0. The van der Waals surface area contributed by atoms with Crippen molar-refractivity contribution in [1.29, 1.82) is 0 Å². The molecule has 1 fully saturated rings. The number of amides is 2. The molecule has 0 saturated heterocycles. The second kappa shape index (κ2) is 13.6. The Morgan fingerprint density at radius 2 is 1.65 bits per heavy atom. The summed E-state index contributed by atoms with van der Waals surface area (Å²) in [6, 6.07) is 14.3. The van der Waals surface area contributed by atoms with Gasteiger partial charge in [-0.3, -0.25) is 13.9 Å². The number of halogens is 5. The molecule has 0 spiro atoms. The topological polar surface area (TPSA) is 86.8 Å². The molecule has 0 radical (unpaired) electrons. The molecule has 0 bridgehead atoms. The number of hydrogen-bond acceptors (Lipinski definition) is 4. The molecule has 7 nitrogen and oxygen atoms in total. The SMILES string of the molecule is CC(C(=O)NC1CCCC1)N(Cc1ccc(Cl)cc1Cl)C(=O)CN(c1cccc(C(F)(F)F)c1)S(=O)(=O)c1ccccc1. The third-order valence-electron chi connectivity index (χ3n) is 7.30. The van der Waals surface area contributed by atoms with Gasteiger partial charge in [0.05, 0.1) is 16.1 Å². The first-order valence-corrected chi connectivity index (χ1v) is 15.8. The van der Waals surface area contributed by atoms with Gasteiger partial charge in [-0.15, -0.1) is 0 Å². The van der Waals surface area contributed by atoms with Gasteiger partial charge < -0.3 is 10.2 Å². The molecule has 4 rings (SSSR count). The molecular weight excluding hydrogens is 626 g/mol. The van der Waals surface area contributed by atoms with Crippen LogP contribution in [0.3, 0.4) is 0 Å². The Morgan fingerprint density at radius 1 is 0.977 bits per heavy atom. The van der Waals surface area contributed by atoms with Crippen LogP contribution in [0.15, 0.2) is 77.7 Å². The Morgan fingerprint density at radius 3 is 2.28 bits per heavy atom. The second-order valence-electron chi connectivity index (χ2n) is 10.3. The minimum Gasteiger partial charge on any atom is -0.352 e. The zero-order valence-electron chi connectivity index (χ0n) is 23.2. The molecule has 0 aromatic heterocycles. The van der Waals surface area contributed by atoms with E-state index in [1.807, 2.05) is 0 Å². The van der Waals surface area contributed by atoms with Crippen molar-refractivity contribution in [3.8, 4) is 0 Å². The normalized spacial score (nSPS) is 14.7. The van der Waals surface area contributed by atoms with Crippen molar-refractivity contribution < 1.29 is 31.2 Å². The van der Waals surface area contributed by atoms with E-state index in [1.165, 1.54) is 48.2 Å². The van der Waals surface area contributed by atoms with Gasteiger partial charge in [0.1, 0.15) is 12.6 Å². The quantitative estimate of drug-likeness (QED) is 0.264. The van der Waals surface area contributed by atoms with Crippen LogP contribution in [0.4, 0.5) is 18.9 Å². The summed E-state index contributed by atoms with van der Waals surface area (Å²) in [4.78, 5) is 28.2. The Labute approximate surface area is 258 Å². The summed E-state index contributed by atoms with van der Waals surface area (Å²) in [5.41, 5.74) is -1.00. The lowest BCUT2D eigenvalue weighted by Crippen LogP contribution is -2.52. The van der Waals surface area contributed by atoms with Crippen molar-refractivity contribution in [3.63, 3.8) is 0 Å². The van der Waals surface area contributed by atoms with Crippen LogP contribution in [0.25, 0.3) is 0 Å². The van der Waals surface area contributed by atoms with Crippen LogP contribution in [0.5, 0.6) is 0 Å². The first-order valence-electron chi connectivity index (χ1n) is 13.6. The molecule has 3 aromatic rings. The smallest absolute Gasteiger partial charge is 0.352 e. The van der Waals surface area contributed by atoms with Gasteiger partial charge in [-0.05, 0) is 67.8 Å². The van der Waals surface area contributed by atoms with E-state index in [9.17, 15) is 31.2 Å². The van der Waals surface area contributed by atoms with E-state index in [0.29, 0.717) is 21.0 Å². The highest BCUT2D eigenvalue weighted by Crippen LogP contribution is 2.33. The zero-order valence-corrected chi connectivity index (χ0v) is 25.5. The van der Waals surface area contributed by atoms with Crippen LogP contribution in [0.2, 0.25) is 10.0 Å². The van der Waals surface area contributed by atoms with Crippen molar-refractivity contribution in [2.75, 3.05) is 10.8 Å². The van der Waals surface area contributed by atoms with Crippen LogP contribution in [-0.4, -0.2) is 43.8 Å². The molecule has 230 valence electrons. The van der Waals surface area contributed by atoms with Gasteiger partial charge in [0.15, 0.2) is 0 Å². The van der Waals surface area contributed by atoms with Gasteiger partial charge in [-0.25, -0.2) is 8.42 Å². The van der Waals surface area contributed by atoms with Gasteiger partial charge in [0, 0.05) is 22.6 Å². The summed E-state index contributed by atoms with van der Waals surface area (Å²) in [6.07, 6.45) is -1.23. The summed E-state index contributed by atoms with van der Waals surface area (Å²) in [6.45, 7) is 0.438. The highest BCUT2D eigenvalue weighted by atomic mass is 35.5. The maximum absolute atomic E-state index is 14.0. The van der Waals surface area contributed by atoms with E-state index in [0.717, 1.165) is 37.8 Å². The molecule has 1 atom stereocenters. The minimum atomic E-state index is -4.76. The molecule has 0 aliphatic heterocycles. The summed E-state index contributed by atoms with van der Waals surface area (Å²) in [7, 11) is -4.52. The van der Waals surface area contributed by atoms with E-state index >= 15 is 0 Å². The molecule has 1 aliphatic rings. The molecule has 1 aliphatic carbocycles. The van der Waals surface area contributed by atoms with E-state index in [4.69, 9.17) is 23.2 Å². The number of nitrogens with zero attached hydrogens (tertiary/aromatic N) is 2. The number of sulfonamides is 1. The lowest BCUT2D eigenvalue weighted by Gasteiger charge is -2.32. The molecule has 0 heterocycles. The van der Waals surface area contributed by atoms with Gasteiger partial charge in [-0.2, -0.15) is 13.2 Å². The Balaban J connectivity index is 1.74. The standard InChI is InChI=1S/C30H30Cl2F3N3O4S/c1-20(29(40)36-24-9-5-6-10-24)37(18-21-14-15-23(31)17-27(21)32)28(39)19-38(43(41,42)26-12-3-2-4-13-26)25-11-7-8-22(16-25)30(33,34)35/h2-4,7-8,11-17,20,24H,5-6,9-10,18-19H2,1H3,(H,36,40). The average Bonchev–Trinajstić information content (AvgIpc) is 3.48. The highest BCUT2D eigenvalue weighted by Gasteiger charge is 2.36. The van der Waals surface area contributed by atoms with Crippen LogP contribution >= 0.6 is 23.2 Å². The predicted octanol–water partition coefficient (Wildman–Crippen LogP) is 6.68. The third kappa shape index (κ3) is 8.01. The van der Waals surface area contributed by atoms with Gasteiger partial charge in [0.25, 0.3) is 10.0 Å². The largest absolute Gasteiger partial charge is 0.416 e. The highest BCUT2D eigenvalue weighted by molar-refractivity contribution is 7.92. The average molecular weight is 657 g/mol. The Bertz CT molecular complexity index is 1570. The van der Waals surface area contributed by atoms with E-state index in [2.05, 4.69) is 5.32 Å². The summed E-state index contributed by atoms with van der Waals surface area (Å²) in [5.74, 6) is -1.26. The van der Waals surface area contributed by atoms with E-state index < -0.39 is 46.2 Å². The summed E-state index contributed by atoms with van der Waals surface area (Å²) >= 11 is 12.4. The fourth-order valence-corrected chi connectivity index (χ4v) is 6.79. The fourth-order valence-electron chi connectivity index (χ4n) is 4.89. The number of rotatable bonds is 10. The monoisotopic (exact) mass is 655 g/mol. The molecule has 13 heteroatoms. The number of hydrogen-bond donors (Lipinski definition) is 1. The maximum atomic E-state index is 14.0. The molecule has 3 aromatic carbocycles. The molecule has 43 heavy (non-hydrogen) atoms. The van der Waals surface area contributed by atoms with Crippen molar-refractivity contribution in [1.82, 2.24) is 10.2 Å². The number of carbonyl (C=O) groups is 2. The van der Waals surface area contributed by atoms with Gasteiger partial charge in [0.2, 0.25) is 11.8 Å². The minimum absolute atomic E-state index is 0.0499. The number of anilines is 1. The summed E-state index contributed by atoms with van der Waals surface area (Å²) in [5, 5.41) is 3.52.